The molecule has 0 rings (SSSR count). The van der Waals surface area contributed by atoms with E-state index in [1.165, 1.54) is 173 Å². The van der Waals surface area contributed by atoms with Crippen LogP contribution in [0.25, 0.3) is 0 Å². The van der Waals surface area contributed by atoms with Crippen molar-refractivity contribution in [2.75, 3.05) is 13.2 Å². The molecule has 0 aromatic heterocycles. The Morgan fingerprint density at radius 3 is 1.21 bits per heavy atom. The number of aliphatic hydroxyl groups is 2. The second-order valence-corrected chi connectivity index (χ2v) is 18.2. The average molecular weight is 858 g/mol. The maximum atomic E-state index is 12.4. The highest BCUT2D eigenvalue weighted by atomic mass is 16.5. The molecule has 0 aromatic carbocycles. The Kier molecular flexibility index (Phi) is 49.1. The normalized spacial score (nSPS) is 12.9. The lowest BCUT2D eigenvalue weighted by molar-refractivity contribution is -0.143. The Bertz CT molecular complexity index is 993. The van der Waals surface area contributed by atoms with Crippen molar-refractivity contribution in [2.45, 2.75) is 289 Å². The first-order valence-corrected chi connectivity index (χ1v) is 26.8. The molecular formula is C55H103NO5. The minimum absolute atomic E-state index is 0.0189. The molecule has 6 heteroatoms. The van der Waals surface area contributed by atoms with Crippen molar-refractivity contribution in [2.24, 2.45) is 0 Å². The third-order valence-corrected chi connectivity index (χ3v) is 12.2. The molecule has 0 fully saturated rings. The molecule has 1 amide bonds. The highest BCUT2D eigenvalue weighted by Crippen LogP contribution is 2.16. The van der Waals surface area contributed by atoms with Gasteiger partial charge in [-0.05, 0) is 64.2 Å². The maximum absolute atomic E-state index is 12.4. The van der Waals surface area contributed by atoms with Gasteiger partial charge in [-0.1, -0.05) is 237 Å². The first-order valence-electron chi connectivity index (χ1n) is 26.8. The van der Waals surface area contributed by atoms with Crippen molar-refractivity contribution in [3.63, 3.8) is 0 Å². The van der Waals surface area contributed by atoms with Crippen molar-refractivity contribution in [1.82, 2.24) is 5.32 Å². The van der Waals surface area contributed by atoms with Crippen LogP contribution in [-0.2, 0) is 14.3 Å². The van der Waals surface area contributed by atoms with Gasteiger partial charge in [0.1, 0.15) is 0 Å². The monoisotopic (exact) mass is 858 g/mol. The zero-order valence-corrected chi connectivity index (χ0v) is 40.6. The Morgan fingerprint density at radius 1 is 0.459 bits per heavy atom. The first kappa shape index (κ1) is 59.1. The fraction of sp³-hybridized carbons (Fsp3) is 0.855. The summed E-state index contributed by atoms with van der Waals surface area (Å²) in [6, 6.07) is -0.642. The summed E-state index contributed by atoms with van der Waals surface area (Å²) in [6.07, 6.45) is 61.6. The quantitative estimate of drug-likeness (QED) is 0.0245. The standard InChI is InChI=1S/C55H103NO5/c1-3-5-7-9-11-13-15-16-17-18-19-20-23-26-29-33-37-41-45-49-55(60)61-50-46-42-38-34-30-27-24-21-22-25-28-32-36-40-44-48-54(59)56-52(51-57)53(58)47-43-39-35-31-14-12-10-8-6-4-2/h21,24,27,30,43,47,52-53,57-58H,3-20,22-23,25-26,28-29,31-42,44-46,48-51H2,1-2H3,(H,56,59)/b24-21-,30-27-,47-43+. The van der Waals surface area contributed by atoms with Gasteiger partial charge in [0.15, 0.2) is 0 Å². The number of hydrogen-bond acceptors (Lipinski definition) is 5. The fourth-order valence-electron chi connectivity index (χ4n) is 8.04. The molecule has 61 heavy (non-hydrogen) atoms. The lowest BCUT2D eigenvalue weighted by atomic mass is 10.0. The number of carbonyl (C=O) groups is 2. The molecule has 358 valence electrons. The van der Waals surface area contributed by atoms with Crippen LogP contribution < -0.4 is 5.32 Å². The van der Waals surface area contributed by atoms with Crippen LogP contribution in [0.2, 0.25) is 0 Å². The molecule has 0 aromatic rings. The van der Waals surface area contributed by atoms with E-state index in [1.807, 2.05) is 6.08 Å². The number of rotatable bonds is 49. The zero-order valence-electron chi connectivity index (χ0n) is 40.6. The number of ether oxygens (including phenoxy) is 1. The van der Waals surface area contributed by atoms with Crippen LogP contribution >= 0.6 is 0 Å². The number of hydrogen-bond donors (Lipinski definition) is 3. The van der Waals surface area contributed by atoms with Gasteiger partial charge in [0, 0.05) is 12.8 Å². The van der Waals surface area contributed by atoms with Gasteiger partial charge in [-0.3, -0.25) is 9.59 Å². The van der Waals surface area contributed by atoms with Crippen LogP contribution in [0.3, 0.4) is 0 Å². The van der Waals surface area contributed by atoms with E-state index in [2.05, 4.69) is 43.5 Å². The van der Waals surface area contributed by atoms with E-state index in [-0.39, 0.29) is 18.5 Å². The molecule has 3 N–H and O–H groups in total. The van der Waals surface area contributed by atoms with Gasteiger partial charge in [-0.15, -0.1) is 0 Å². The summed E-state index contributed by atoms with van der Waals surface area (Å²) in [6.45, 7) is 4.83. The summed E-state index contributed by atoms with van der Waals surface area (Å²) in [7, 11) is 0. The van der Waals surface area contributed by atoms with Crippen molar-refractivity contribution in [1.29, 1.82) is 0 Å². The molecule has 0 aliphatic carbocycles. The smallest absolute Gasteiger partial charge is 0.305 e. The number of esters is 1. The van der Waals surface area contributed by atoms with Gasteiger partial charge in [0.2, 0.25) is 5.91 Å². The SMILES string of the molecule is CCCCCCCCCC/C=C/C(O)C(CO)NC(=O)CCCCCCCC/C=C\C=C/CCCCCOC(=O)CCCCCCCCCCCCCCCCCCCCC. The largest absolute Gasteiger partial charge is 0.466 e. The van der Waals surface area contributed by atoms with E-state index in [0.29, 0.717) is 19.4 Å². The van der Waals surface area contributed by atoms with Gasteiger partial charge >= 0.3 is 5.97 Å². The lowest BCUT2D eigenvalue weighted by Crippen LogP contribution is -2.45. The molecule has 0 aliphatic heterocycles. The van der Waals surface area contributed by atoms with E-state index in [0.717, 1.165) is 77.0 Å². The molecule has 2 atom stereocenters. The van der Waals surface area contributed by atoms with Gasteiger partial charge in [0.05, 0.1) is 25.4 Å². The minimum atomic E-state index is -0.857. The van der Waals surface area contributed by atoms with E-state index < -0.39 is 12.1 Å². The number of amides is 1. The Labute approximate surface area is 379 Å². The van der Waals surface area contributed by atoms with Crippen molar-refractivity contribution < 1.29 is 24.5 Å². The second-order valence-electron chi connectivity index (χ2n) is 18.2. The number of aliphatic hydroxyl groups excluding tert-OH is 2. The first-order chi connectivity index (χ1) is 30.0. The van der Waals surface area contributed by atoms with E-state index in [1.54, 1.807) is 6.08 Å². The Balaban J connectivity index is 3.49. The topological polar surface area (TPSA) is 95.9 Å². The summed E-state index contributed by atoms with van der Waals surface area (Å²) in [4.78, 5) is 24.4. The average Bonchev–Trinajstić information content (AvgIpc) is 3.26. The van der Waals surface area contributed by atoms with Crippen LogP contribution in [0.15, 0.2) is 36.5 Å². The summed E-state index contributed by atoms with van der Waals surface area (Å²) in [5.41, 5.74) is 0. The fourth-order valence-corrected chi connectivity index (χ4v) is 8.04. The highest BCUT2D eigenvalue weighted by Gasteiger charge is 2.18. The van der Waals surface area contributed by atoms with Crippen LogP contribution in [0.4, 0.5) is 0 Å². The molecule has 0 aliphatic rings. The highest BCUT2D eigenvalue weighted by molar-refractivity contribution is 5.76. The van der Waals surface area contributed by atoms with Gasteiger partial charge < -0.3 is 20.3 Å². The molecule has 0 heterocycles. The van der Waals surface area contributed by atoms with Crippen molar-refractivity contribution >= 4 is 11.9 Å². The maximum Gasteiger partial charge on any atom is 0.305 e. The molecule has 0 bridgehead atoms. The molecule has 0 spiro atoms. The number of nitrogens with one attached hydrogen (secondary N) is 1. The molecule has 0 radical (unpaired) electrons. The van der Waals surface area contributed by atoms with Gasteiger partial charge in [-0.2, -0.15) is 0 Å². The molecule has 6 nitrogen and oxygen atoms in total. The van der Waals surface area contributed by atoms with Crippen LogP contribution in [0.5, 0.6) is 0 Å². The molecular weight excluding hydrogens is 755 g/mol. The summed E-state index contributed by atoms with van der Waals surface area (Å²) < 4.78 is 5.46. The minimum Gasteiger partial charge on any atom is -0.466 e. The van der Waals surface area contributed by atoms with Crippen molar-refractivity contribution in [3.8, 4) is 0 Å². The molecule has 0 saturated carbocycles. The molecule has 0 saturated heterocycles. The Hall–Kier alpha value is -1.92. The predicted octanol–water partition coefficient (Wildman–Crippen LogP) is 16.1. The summed E-state index contributed by atoms with van der Waals surface area (Å²) >= 11 is 0. The third kappa shape index (κ3) is 47.4. The van der Waals surface area contributed by atoms with Crippen LogP contribution in [0.1, 0.15) is 277 Å². The van der Waals surface area contributed by atoms with Crippen LogP contribution in [-0.4, -0.2) is 47.4 Å². The van der Waals surface area contributed by atoms with E-state index >= 15 is 0 Å². The lowest BCUT2D eigenvalue weighted by Gasteiger charge is -2.20. The van der Waals surface area contributed by atoms with Crippen LogP contribution in [0, 0.1) is 0 Å². The van der Waals surface area contributed by atoms with E-state index in [9.17, 15) is 19.8 Å². The zero-order chi connectivity index (χ0) is 44.4. The summed E-state index contributed by atoms with van der Waals surface area (Å²) in [5.74, 6) is -0.112. The van der Waals surface area contributed by atoms with Crippen molar-refractivity contribution in [3.05, 3.63) is 36.5 Å². The van der Waals surface area contributed by atoms with Gasteiger partial charge in [0.25, 0.3) is 0 Å². The third-order valence-electron chi connectivity index (χ3n) is 12.2. The Morgan fingerprint density at radius 2 is 0.803 bits per heavy atom. The van der Waals surface area contributed by atoms with E-state index in [4.69, 9.17) is 4.74 Å². The second kappa shape index (κ2) is 50.7. The predicted molar refractivity (Wildman–Crippen MR) is 264 cm³/mol. The number of allylic oxidation sites excluding steroid dienone is 5. The number of unbranched alkanes of at least 4 members (excludes halogenated alkanes) is 35. The van der Waals surface area contributed by atoms with Gasteiger partial charge in [-0.25, -0.2) is 0 Å². The number of carbonyl (C=O) groups excluding carboxylic acids is 2. The molecule has 2 unspecified atom stereocenters. The summed E-state index contributed by atoms with van der Waals surface area (Å²) in [5, 5.41) is 22.9.